The van der Waals surface area contributed by atoms with Crippen LogP contribution in [0.4, 0.5) is 5.82 Å². The van der Waals surface area contributed by atoms with Crippen LogP contribution in [-0.2, 0) is 11.3 Å². The van der Waals surface area contributed by atoms with Crippen molar-refractivity contribution in [1.29, 1.82) is 0 Å². The van der Waals surface area contributed by atoms with E-state index in [1.54, 1.807) is 30.5 Å². The van der Waals surface area contributed by atoms with Gasteiger partial charge in [0.2, 0.25) is 5.91 Å². The van der Waals surface area contributed by atoms with Gasteiger partial charge < -0.3 is 9.88 Å². The molecule has 3 amide bonds. The molecule has 10 nitrogen and oxygen atoms in total. The Labute approximate surface area is 242 Å². The summed E-state index contributed by atoms with van der Waals surface area (Å²) in [7, 11) is 0. The van der Waals surface area contributed by atoms with Crippen LogP contribution in [0.25, 0.3) is 11.0 Å². The number of aromatic nitrogens is 3. The van der Waals surface area contributed by atoms with Gasteiger partial charge in [-0.05, 0) is 80.7 Å². The fourth-order valence-corrected chi connectivity index (χ4v) is 6.71. The van der Waals surface area contributed by atoms with Crippen LogP contribution in [0, 0.1) is 5.92 Å². The van der Waals surface area contributed by atoms with E-state index in [4.69, 9.17) is 0 Å². The second kappa shape index (κ2) is 10.7. The number of H-pyrrole nitrogens is 1. The van der Waals surface area contributed by atoms with Gasteiger partial charge in [0, 0.05) is 37.8 Å². The summed E-state index contributed by atoms with van der Waals surface area (Å²) in [6, 6.07) is 18.4. The Balaban J connectivity index is 0.936. The highest BCUT2D eigenvalue weighted by Crippen LogP contribution is 2.30. The van der Waals surface area contributed by atoms with E-state index in [0.29, 0.717) is 36.6 Å². The number of para-hydroxylation sites is 2. The molecule has 10 heteroatoms. The van der Waals surface area contributed by atoms with Crippen LogP contribution in [0.5, 0.6) is 0 Å². The summed E-state index contributed by atoms with van der Waals surface area (Å²) in [5.41, 5.74) is 3.45. The lowest BCUT2D eigenvalue weighted by Gasteiger charge is -2.37. The predicted octanol–water partition coefficient (Wildman–Crippen LogP) is 3.60. The zero-order valence-electron chi connectivity index (χ0n) is 23.2. The molecule has 2 aromatic heterocycles. The van der Waals surface area contributed by atoms with Crippen molar-refractivity contribution in [2.45, 2.75) is 38.3 Å². The first-order valence-electron chi connectivity index (χ1n) is 14.6. The summed E-state index contributed by atoms with van der Waals surface area (Å²) in [6.07, 6.45) is 4.75. The van der Waals surface area contributed by atoms with Crippen molar-refractivity contribution in [2.75, 3.05) is 31.1 Å². The summed E-state index contributed by atoms with van der Waals surface area (Å²) in [5, 5.41) is 0. The molecule has 2 saturated heterocycles. The number of likely N-dealkylation sites (tertiary alicyclic amines) is 2. The van der Waals surface area contributed by atoms with E-state index in [-0.39, 0.29) is 35.4 Å². The lowest BCUT2D eigenvalue weighted by Crippen LogP contribution is -2.46. The third kappa shape index (κ3) is 4.61. The summed E-state index contributed by atoms with van der Waals surface area (Å²) in [4.78, 5) is 64.5. The highest BCUT2D eigenvalue weighted by molar-refractivity contribution is 6.34. The number of hydrogen-bond donors (Lipinski definition) is 1. The first-order valence-corrected chi connectivity index (χ1v) is 14.6. The number of benzene rings is 2. The number of amides is 3. The van der Waals surface area contributed by atoms with Crippen molar-refractivity contribution in [2.24, 2.45) is 5.92 Å². The Kier molecular flexibility index (Phi) is 6.70. The smallest absolute Gasteiger partial charge is 0.326 e. The molecule has 0 bridgehead atoms. The minimum Gasteiger partial charge on any atom is -0.342 e. The summed E-state index contributed by atoms with van der Waals surface area (Å²) in [5.74, 6) is -0.146. The second-order valence-corrected chi connectivity index (χ2v) is 11.4. The molecule has 2 aromatic carbocycles. The van der Waals surface area contributed by atoms with E-state index in [1.807, 2.05) is 45.9 Å². The zero-order chi connectivity index (χ0) is 28.8. The maximum atomic E-state index is 13.4. The Bertz CT molecular complexity index is 1710. The van der Waals surface area contributed by atoms with E-state index in [9.17, 15) is 19.2 Å². The maximum absolute atomic E-state index is 13.4. The number of imide groups is 1. The third-order valence-electron chi connectivity index (χ3n) is 8.94. The topological polar surface area (TPSA) is 112 Å². The highest BCUT2D eigenvalue weighted by Gasteiger charge is 2.37. The number of hydrogen-bond acceptors (Lipinski definition) is 6. The van der Waals surface area contributed by atoms with Crippen molar-refractivity contribution in [3.63, 3.8) is 0 Å². The summed E-state index contributed by atoms with van der Waals surface area (Å²) >= 11 is 0. The van der Waals surface area contributed by atoms with Crippen LogP contribution in [0.2, 0.25) is 0 Å². The van der Waals surface area contributed by atoms with Gasteiger partial charge >= 0.3 is 5.69 Å². The molecule has 5 heterocycles. The quantitative estimate of drug-likeness (QED) is 0.371. The SMILES string of the molecule is O=C(C1CCN(Cc2ccnc(N3C(=O)c4ccccc4C3=O)c2)CC1)N1CCC(n2c(=O)[nH]c3ccccc32)CC1. The number of imidazole rings is 1. The van der Waals surface area contributed by atoms with Crippen LogP contribution in [-0.4, -0.2) is 68.2 Å². The van der Waals surface area contributed by atoms with Crippen LogP contribution in [0.15, 0.2) is 71.7 Å². The molecule has 42 heavy (non-hydrogen) atoms. The number of piperidine rings is 2. The molecule has 0 aliphatic carbocycles. The predicted molar refractivity (Wildman–Crippen MR) is 157 cm³/mol. The molecule has 0 atom stereocenters. The Hall–Kier alpha value is -4.57. The number of carbonyl (C=O) groups excluding carboxylic acids is 3. The van der Waals surface area contributed by atoms with Crippen LogP contribution < -0.4 is 10.6 Å². The average molecular weight is 565 g/mol. The summed E-state index contributed by atoms with van der Waals surface area (Å²) < 4.78 is 1.86. The maximum Gasteiger partial charge on any atom is 0.326 e. The number of anilines is 1. The molecule has 0 spiro atoms. The lowest BCUT2D eigenvalue weighted by atomic mass is 9.93. The molecule has 3 aliphatic rings. The number of carbonyl (C=O) groups is 3. The van der Waals surface area contributed by atoms with Crippen molar-refractivity contribution < 1.29 is 14.4 Å². The van der Waals surface area contributed by atoms with Gasteiger partial charge in [0.25, 0.3) is 11.8 Å². The van der Waals surface area contributed by atoms with Crippen molar-refractivity contribution in [3.05, 3.63) is 94.0 Å². The molecule has 4 aromatic rings. The Morgan fingerprint density at radius 1 is 0.833 bits per heavy atom. The standard InChI is InChI=1S/C32H32N6O4/c39-29(36-17-12-23(13-18-36)37-27-8-4-3-7-26(27)34-32(37)42)22-10-15-35(16-11-22)20-21-9-14-33-28(19-21)38-30(40)24-5-1-2-6-25(24)31(38)41/h1-9,14,19,22-23H,10-13,15-18,20H2,(H,34,42). The minimum atomic E-state index is -0.350. The number of pyridine rings is 1. The fraction of sp³-hybridized carbons (Fsp3) is 0.344. The monoisotopic (exact) mass is 564 g/mol. The van der Waals surface area contributed by atoms with E-state index >= 15 is 0 Å². The van der Waals surface area contributed by atoms with Crippen LogP contribution >= 0.6 is 0 Å². The number of nitrogens with zero attached hydrogens (tertiary/aromatic N) is 5. The van der Waals surface area contributed by atoms with Gasteiger partial charge in [0.1, 0.15) is 5.82 Å². The van der Waals surface area contributed by atoms with Crippen LogP contribution in [0.3, 0.4) is 0 Å². The van der Waals surface area contributed by atoms with E-state index in [1.165, 1.54) is 0 Å². The molecule has 7 rings (SSSR count). The normalized spacial score (nSPS) is 18.7. The molecule has 0 unspecified atom stereocenters. The lowest BCUT2D eigenvalue weighted by molar-refractivity contribution is -0.138. The molecule has 2 fully saturated rings. The minimum absolute atomic E-state index is 0.0000377. The van der Waals surface area contributed by atoms with E-state index in [2.05, 4.69) is 14.9 Å². The zero-order valence-corrected chi connectivity index (χ0v) is 23.2. The third-order valence-corrected chi connectivity index (χ3v) is 8.94. The molecule has 214 valence electrons. The molecular weight excluding hydrogens is 532 g/mol. The van der Waals surface area contributed by atoms with Gasteiger partial charge in [-0.1, -0.05) is 24.3 Å². The molecule has 3 aliphatic heterocycles. The van der Waals surface area contributed by atoms with Crippen LogP contribution in [0.1, 0.15) is 58.0 Å². The second-order valence-electron chi connectivity index (χ2n) is 11.4. The number of rotatable bonds is 5. The van der Waals surface area contributed by atoms with Gasteiger partial charge in [-0.15, -0.1) is 0 Å². The Morgan fingerprint density at radius 2 is 1.50 bits per heavy atom. The van der Waals surface area contributed by atoms with Crippen molar-refractivity contribution in [3.8, 4) is 0 Å². The largest absolute Gasteiger partial charge is 0.342 e. The van der Waals surface area contributed by atoms with E-state index in [0.717, 1.165) is 60.3 Å². The molecule has 0 saturated carbocycles. The first-order chi connectivity index (χ1) is 20.5. The van der Waals surface area contributed by atoms with Crippen molar-refractivity contribution >= 4 is 34.6 Å². The summed E-state index contributed by atoms with van der Waals surface area (Å²) in [6.45, 7) is 3.56. The number of fused-ring (bicyclic) bond motifs is 2. The number of aromatic amines is 1. The first kappa shape index (κ1) is 26.3. The average Bonchev–Trinajstić information content (AvgIpc) is 3.49. The molecule has 0 radical (unpaired) electrons. The van der Waals surface area contributed by atoms with E-state index < -0.39 is 0 Å². The Morgan fingerprint density at radius 3 is 2.21 bits per heavy atom. The molecular formula is C32H32N6O4. The van der Waals surface area contributed by atoms with Gasteiger partial charge in [0.15, 0.2) is 0 Å². The van der Waals surface area contributed by atoms with Gasteiger partial charge in [-0.2, -0.15) is 0 Å². The van der Waals surface area contributed by atoms with Gasteiger partial charge in [-0.25, -0.2) is 14.7 Å². The van der Waals surface area contributed by atoms with Gasteiger partial charge in [-0.3, -0.25) is 23.9 Å². The van der Waals surface area contributed by atoms with Gasteiger partial charge in [0.05, 0.1) is 22.2 Å². The molecule has 1 N–H and O–H groups in total. The number of nitrogens with one attached hydrogen (secondary N) is 1. The van der Waals surface area contributed by atoms with Crippen molar-refractivity contribution in [1.82, 2.24) is 24.3 Å². The highest BCUT2D eigenvalue weighted by atomic mass is 16.2. The fourth-order valence-electron chi connectivity index (χ4n) is 6.71.